The highest BCUT2D eigenvalue weighted by atomic mass is 15.0. The third-order valence-electron chi connectivity index (χ3n) is 15.2. The van der Waals surface area contributed by atoms with Gasteiger partial charge in [-0.1, -0.05) is 150 Å². The maximum Gasteiger partial charge on any atom is 0.0561 e. The van der Waals surface area contributed by atoms with Crippen molar-refractivity contribution in [2.24, 2.45) is 0 Å². The highest BCUT2D eigenvalue weighted by Gasteiger charge is 2.25. The molecule has 0 radical (unpaired) electrons. The number of hydrogen-bond donors (Lipinski definition) is 0. The third-order valence-corrected chi connectivity index (χ3v) is 15.2. The second-order valence-electron chi connectivity index (χ2n) is 24.1. The Morgan fingerprint density at radius 2 is 0.536 bits per heavy atom. The first-order valence-electron chi connectivity index (χ1n) is 24.9. The molecule has 0 amide bonds. The Bertz CT molecular complexity index is 3750. The maximum absolute atomic E-state index is 2.53. The monoisotopic (exact) mass is 898 g/mol. The van der Waals surface area contributed by atoms with Gasteiger partial charge >= 0.3 is 0 Å². The molecule has 0 saturated heterocycles. The highest BCUT2D eigenvalue weighted by Crippen LogP contribution is 2.43. The van der Waals surface area contributed by atoms with Gasteiger partial charge in [0.05, 0.1) is 33.1 Å². The fraction of sp³-hybridized carbons (Fsp3) is 0.242. The van der Waals surface area contributed by atoms with Crippen LogP contribution >= 0.6 is 0 Å². The number of fused-ring (bicyclic) bond motifs is 11. The van der Waals surface area contributed by atoms with E-state index >= 15 is 0 Å². The van der Waals surface area contributed by atoms with E-state index in [-0.39, 0.29) is 21.7 Å². The lowest BCUT2D eigenvalue weighted by Gasteiger charge is -2.19. The minimum atomic E-state index is 0.0268. The molecule has 69 heavy (non-hydrogen) atoms. The summed E-state index contributed by atoms with van der Waals surface area (Å²) in [6.07, 6.45) is 0. The van der Waals surface area contributed by atoms with Crippen molar-refractivity contribution in [3.8, 4) is 17.1 Å². The molecule has 0 fully saturated rings. The summed E-state index contributed by atoms with van der Waals surface area (Å²) in [5.74, 6) is 0. The summed E-state index contributed by atoms with van der Waals surface area (Å²) < 4.78 is 7.52. The molecule has 3 nitrogen and oxygen atoms in total. The minimum Gasteiger partial charge on any atom is -0.309 e. The maximum atomic E-state index is 2.53. The molecule has 0 spiro atoms. The fourth-order valence-electron chi connectivity index (χ4n) is 11.1. The van der Waals surface area contributed by atoms with E-state index in [1.807, 2.05) is 0 Å². The predicted octanol–water partition coefficient (Wildman–Crippen LogP) is 18.5. The molecule has 3 heteroatoms. The number of aromatic nitrogens is 3. The number of rotatable bonds is 3. The van der Waals surface area contributed by atoms with Gasteiger partial charge in [0.2, 0.25) is 0 Å². The standard InChI is InChI=1S/C66H63N3/c1-63(2,3)44-18-27-57-53(34-44)54-35-45(64(4,5)6)19-28-58(54)67(57)49-23-25-51-52-26-24-50(68-59-29-20-46(65(7,8)9)36-55(59)56-37-47(66(10,11)12)21-30-60(56)68)39-62(52)69(61(51)38-49)48-22-17-42-31-40-15-13-14-16-41(40)32-43(42)33-48/h13-39H,1-12H3. The largest absolute Gasteiger partial charge is 0.309 e. The molecule has 3 heterocycles. The van der Waals surface area contributed by atoms with Crippen molar-refractivity contribution in [3.05, 3.63) is 186 Å². The molecule has 12 rings (SSSR count). The molecule has 0 atom stereocenters. The predicted molar refractivity (Wildman–Crippen MR) is 299 cm³/mol. The van der Waals surface area contributed by atoms with E-state index in [2.05, 4.69) is 261 Å². The van der Waals surface area contributed by atoms with Gasteiger partial charge in [0.25, 0.3) is 0 Å². The smallest absolute Gasteiger partial charge is 0.0561 e. The van der Waals surface area contributed by atoms with Crippen LogP contribution in [0.1, 0.15) is 105 Å². The summed E-state index contributed by atoms with van der Waals surface area (Å²) in [5.41, 5.74) is 16.2. The number of hydrogen-bond acceptors (Lipinski definition) is 0. The first-order valence-corrected chi connectivity index (χ1v) is 24.9. The summed E-state index contributed by atoms with van der Waals surface area (Å²) >= 11 is 0. The van der Waals surface area contributed by atoms with E-state index < -0.39 is 0 Å². The van der Waals surface area contributed by atoms with E-state index in [0.717, 1.165) is 17.1 Å². The molecule has 0 unspecified atom stereocenters. The van der Waals surface area contributed by atoms with Crippen LogP contribution in [0.25, 0.3) is 104 Å². The summed E-state index contributed by atoms with van der Waals surface area (Å²) in [6, 6.07) is 63.2. The Hall–Kier alpha value is -7.10. The van der Waals surface area contributed by atoms with E-state index in [4.69, 9.17) is 0 Å². The summed E-state index contributed by atoms with van der Waals surface area (Å²) in [7, 11) is 0. The summed E-state index contributed by atoms with van der Waals surface area (Å²) in [4.78, 5) is 0. The van der Waals surface area contributed by atoms with Gasteiger partial charge in [0.15, 0.2) is 0 Å². The van der Waals surface area contributed by atoms with Crippen LogP contribution in [0, 0.1) is 0 Å². The normalized spacial score (nSPS) is 13.2. The SMILES string of the molecule is CC(C)(C)c1ccc2c(c1)c1cc(C(C)(C)C)ccc1n2-c1ccc2c3ccc(-n4c5ccc(C(C)(C)C)cc5c5cc(C(C)(C)C)ccc54)cc3n(-c3ccc4cc5ccccc5cc4c3)c2c1. The van der Waals surface area contributed by atoms with Crippen LogP contribution in [-0.4, -0.2) is 13.7 Å². The molecule has 0 aliphatic rings. The van der Waals surface area contributed by atoms with Crippen LogP contribution in [0.3, 0.4) is 0 Å². The lowest BCUT2D eigenvalue weighted by atomic mass is 9.85. The van der Waals surface area contributed by atoms with Crippen molar-refractivity contribution >= 4 is 87.0 Å². The molecule has 0 aliphatic heterocycles. The molecule has 3 aromatic heterocycles. The lowest BCUT2D eigenvalue weighted by molar-refractivity contribution is 0.590. The van der Waals surface area contributed by atoms with Gasteiger partial charge in [0, 0.05) is 49.4 Å². The zero-order valence-corrected chi connectivity index (χ0v) is 42.4. The van der Waals surface area contributed by atoms with Gasteiger partial charge in [-0.3, -0.25) is 0 Å². The first kappa shape index (κ1) is 43.2. The topological polar surface area (TPSA) is 14.8 Å². The quantitative estimate of drug-likeness (QED) is 0.157. The Labute approximate surface area is 406 Å². The molecule has 0 aliphatic carbocycles. The zero-order valence-electron chi connectivity index (χ0n) is 42.4. The van der Waals surface area contributed by atoms with Crippen molar-refractivity contribution in [2.45, 2.75) is 105 Å². The van der Waals surface area contributed by atoms with Gasteiger partial charge in [-0.25, -0.2) is 0 Å². The molecule has 342 valence electrons. The molecule has 0 bridgehead atoms. The molecular weight excluding hydrogens is 835 g/mol. The van der Waals surface area contributed by atoms with Crippen molar-refractivity contribution in [3.63, 3.8) is 0 Å². The van der Waals surface area contributed by atoms with E-state index in [9.17, 15) is 0 Å². The lowest BCUT2D eigenvalue weighted by Crippen LogP contribution is -2.10. The van der Waals surface area contributed by atoms with Gasteiger partial charge in [-0.05, 0) is 163 Å². The minimum absolute atomic E-state index is 0.0268. The number of benzene rings is 9. The number of nitrogens with zero attached hydrogens (tertiary/aromatic N) is 3. The van der Waals surface area contributed by atoms with Crippen molar-refractivity contribution < 1.29 is 0 Å². The Morgan fingerprint density at radius 1 is 0.232 bits per heavy atom. The van der Waals surface area contributed by atoms with Gasteiger partial charge in [-0.15, -0.1) is 0 Å². The van der Waals surface area contributed by atoms with Crippen molar-refractivity contribution in [1.29, 1.82) is 0 Å². The molecule has 12 aromatic rings. The molecule has 0 saturated carbocycles. The fourth-order valence-corrected chi connectivity index (χ4v) is 11.1. The van der Waals surface area contributed by atoms with E-state index in [1.54, 1.807) is 0 Å². The van der Waals surface area contributed by atoms with E-state index in [0.29, 0.717) is 0 Å². The Balaban J connectivity index is 1.15. The zero-order chi connectivity index (χ0) is 48.1. The Kier molecular flexibility index (Phi) is 9.21. The summed E-state index contributed by atoms with van der Waals surface area (Å²) in [6.45, 7) is 27.8. The second kappa shape index (κ2) is 14.7. The second-order valence-corrected chi connectivity index (χ2v) is 24.1. The van der Waals surface area contributed by atoms with Crippen LogP contribution < -0.4 is 0 Å². The van der Waals surface area contributed by atoms with Crippen LogP contribution in [-0.2, 0) is 21.7 Å². The molecular formula is C66H63N3. The van der Waals surface area contributed by atoms with Crippen molar-refractivity contribution in [1.82, 2.24) is 13.7 Å². The third kappa shape index (κ3) is 6.91. The van der Waals surface area contributed by atoms with Crippen LogP contribution in [0.2, 0.25) is 0 Å². The van der Waals surface area contributed by atoms with Gasteiger partial charge in [-0.2, -0.15) is 0 Å². The van der Waals surface area contributed by atoms with E-state index in [1.165, 1.54) is 109 Å². The van der Waals surface area contributed by atoms with Crippen LogP contribution in [0.5, 0.6) is 0 Å². The molecule has 0 N–H and O–H groups in total. The Morgan fingerprint density at radius 3 is 0.899 bits per heavy atom. The van der Waals surface area contributed by atoms with Gasteiger partial charge < -0.3 is 13.7 Å². The average Bonchev–Trinajstić information content (AvgIpc) is 3.93. The first-order chi connectivity index (χ1) is 32.7. The average molecular weight is 898 g/mol. The van der Waals surface area contributed by atoms with Crippen LogP contribution in [0.4, 0.5) is 0 Å². The van der Waals surface area contributed by atoms with Crippen molar-refractivity contribution in [2.75, 3.05) is 0 Å². The van der Waals surface area contributed by atoms with Crippen LogP contribution in [0.15, 0.2) is 164 Å². The van der Waals surface area contributed by atoms with Gasteiger partial charge in [0.1, 0.15) is 0 Å². The molecule has 9 aromatic carbocycles. The summed E-state index contributed by atoms with van der Waals surface area (Å²) in [5, 5.41) is 12.6. The highest BCUT2D eigenvalue weighted by molar-refractivity contribution is 6.14.